The summed E-state index contributed by atoms with van der Waals surface area (Å²) in [5.74, 6) is 2.20. The molecule has 3 heteroatoms. The van der Waals surface area contributed by atoms with Gasteiger partial charge in [-0.2, -0.15) is 0 Å². The Morgan fingerprint density at radius 1 is 1.08 bits per heavy atom. The first kappa shape index (κ1) is 17.7. The van der Waals surface area contributed by atoms with E-state index in [4.69, 9.17) is 9.47 Å². The largest absolute Gasteiger partial charge is 0.507 e. The van der Waals surface area contributed by atoms with Crippen LogP contribution in [0.4, 0.5) is 0 Å². The molecule has 0 aromatic heterocycles. The molecule has 25 heavy (non-hydrogen) atoms. The number of fused-ring (bicyclic) bond motifs is 1. The van der Waals surface area contributed by atoms with Crippen LogP contribution in [0.1, 0.15) is 48.1 Å². The van der Waals surface area contributed by atoms with Gasteiger partial charge in [0.1, 0.15) is 29.5 Å². The summed E-state index contributed by atoms with van der Waals surface area (Å²) < 4.78 is 12.4. The van der Waals surface area contributed by atoms with Gasteiger partial charge in [-0.3, -0.25) is 0 Å². The maximum Gasteiger partial charge on any atom is 0.140 e. The maximum absolute atomic E-state index is 10.3. The molecule has 0 bridgehead atoms. The van der Waals surface area contributed by atoms with E-state index >= 15 is 0 Å². The number of phenolic OH excluding ortho intramolecular Hbond substituents is 1. The number of rotatable bonds is 4. The lowest BCUT2D eigenvalue weighted by Gasteiger charge is -2.37. The normalized spacial score (nSPS) is 19.2. The zero-order chi connectivity index (χ0) is 18.2. The molecular weight excluding hydrogens is 312 g/mol. The van der Waals surface area contributed by atoms with Crippen LogP contribution in [-0.2, 0) is 12.8 Å². The summed E-state index contributed by atoms with van der Waals surface area (Å²) >= 11 is 0. The molecule has 1 heterocycles. The third-order valence-corrected chi connectivity index (χ3v) is 5.47. The lowest BCUT2D eigenvalue weighted by Crippen LogP contribution is -2.42. The minimum Gasteiger partial charge on any atom is -0.507 e. The van der Waals surface area contributed by atoms with E-state index in [1.54, 1.807) is 0 Å². The van der Waals surface area contributed by atoms with Crippen LogP contribution in [0, 0.1) is 20.8 Å². The number of hydrogen-bond donors (Lipinski definition) is 1. The lowest BCUT2D eigenvalue weighted by molar-refractivity contribution is 0.0166. The van der Waals surface area contributed by atoms with Crippen LogP contribution >= 0.6 is 0 Å². The number of hydrogen-bond acceptors (Lipinski definition) is 3. The van der Waals surface area contributed by atoms with Gasteiger partial charge in [0.25, 0.3) is 0 Å². The standard InChI is InChI=1S/C22H28O3/c1-6-17-7-9-18(10-8-17)24-13-22(5)12-11-19-16(4)20(23)14(2)15(3)21(19)25-22/h7-10,23H,6,11-13H2,1-5H3. The second-order valence-electron chi connectivity index (χ2n) is 7.37. The monoisotopic (exact) mass is 340 g/mol. The zero-order valence-electron chi connectivity index (χ0n) is 15.9. The van der Waals surface area contributed by atoms with Crippen molar-refractivity contribution in [2.45, 2.75) is 59.5 Å². The highest BCUT2D eigenvalue weighted by atomic mass is 16.5. The van der Waals surface area contributed by atoms with Crippen LogP contribution in [0.2, 0.25) is 0 Å². The number of aryl methyl sites for hydroxylation is 1. The number of ether oxygens (including phenoxy) is 2. The summed E-state index contributed by atoms with van der Waals surface area (Å²) in [6.07, 6.45) is 2.79. The second kappa shape index (κ2) is 6.62. The Labute approximate surface area is 150 Å². The van der Waals surface area contributed by atoms with Gasteiger partial charge in [-0.15, -0.1) is 0 Å². The Morgan fingerprint density at radius 2 is 1.76 bits per heavy atom. The summed E-state index contributed by atoms with van der Waals surface area (Å²) in [4.78, 5) is 0. The minimum atomic E-state index is -0.364. The Hall–Kier alpha value is -2.16. The van der Waals surface area contributed by atoms with Crippen molar-refractivity contribution in [3.05, 3.63) is 52.1 Å². The van der Waals surface area contributed by atoms with E-state index in [1.165, 1.54) is 5.56 Å². The Morgan fingerprint density at radius 3 is 2.40 bits per heavy atom. The van der Waals surface area contributed by atoms with Crippen molar-refractivity contribution in [1.82, 2.24) is 0 Å². The quantitative estimate of drug-likeness (QED) is 0.847. The molecule has 0 amide bonds. The average Bonchev–Trinajstić information content (AvgIpc) is 2.63. The molecule has 0 fully saturated rings. The smallest absolute Gasteiger partial charge is 0.140 e. The Bertz CT molecular complexity index is 777. The fraction of sp³-hybridized carbons (Fsp3) is 0.455. The summed E-state index contributed by atoms with van der Waals surface area (Å²) in [6, 6.07) is 8.26. The fourth-order valence-electron chi connectivity index (χ4n) is 3.45. The highest BCUT2D eigenvalue weighted by Gasteiger charge is 2.35. The summed E-state index contributed by atoms with van der Waals surface area (Å²) in [6.45, 7) is 10.7. The van der Waals surface area contributed by atoms with Gasteiger partial charge in [-0.25, -0.2) is 0 Å². The molecule has 2 aromatic rings. The van der Waals surface area contributed by atoms with Gasteiger partial charge in [0.05, 0.1) is 0 Å². The van der Waals surface area contributed by atoms with Crippen LogP contribution in [-0.4, -0.2) is 17.3 Å². The van der Waals surface area contributed by atoms with Gasteiger partial charge in [-0.05, 0) is 81.3 Å². The number of benzene rings is 2. The van der Waals surface area contributed by atoms with Crippen LogP contribution in [0.15, 0.2) is 24.3 Å². The van der Waals surface area contributed by atoms with Crippen molar-refractivity contribution in [2.75, 3.05) is 6.61 Å². The molecule has 1 atom stereocenters. The van der Waals surface area contributed by atoms with Crippen LogP contribution in [0.25, 0.3) is 0 Å². The second-order valence-corrected chi connectivity index (χ2v) is 7.37. The van der Waals surface area contributed by atoms with Crippen LogP contribution < -0.4 is 9.47 Å². The van der Waals surface area contributed by atoms with E-state index in [0.717, 1.165) is 53.0 Å². The summed E-state index contributed by atoms with van der Waals surface area (Å²) in [5, 5.41) is 10.3. The van der Waals surface area contributed by atoms with Crippen molar-refractivity contribution in [3.8, 4) is 17.2 Å². The molecular formula is C22H28O3. The molecule has 3 rings (SSSR count). The summed E-state index contributed by atoms with van der Waals surface area (Å²) in [5.41, 5.74) is 4.94. The van der Waals surface area contributed by atoms with Crippen molar-refractivity contribution >= 4 is 0 Å². The molecule has 2 aromatic carbocycles. The predicted molar refractivity (Wildman–Crippen MR) is 101 cm³/mol. The van der Waals surface area contributed by atoms with Crippen molar-refractivity contribution in [3.63, 3.8) is 0 Å². The summed E-state index contributed by atoms with van der Waals surface area (Å²) in [7, 11) is 0. The molecule has 0 radical (unpaired) electrons. The molecule has 3 nitrogen and oxygen atoms in total. The van der Waals surface area contributed by atoms with Gasteiger partial charge >= 0.3 is 0 Å². The molecule has 1 aliphatic heterocycles. The van der Waals surface area contributed by atoms with Gasteiger partial charge in [0, 0.05) is 5.56 Å². The number of phenols is 1. The van der Waals surface area contributed by atoms with E-state index in [0.29, 0.717) is 12.4 Å². The molecule has 1 N–H and O–H groups in total. The first-order valence-electron chi connectivity index (χ1n) is 9.07. The van der Waals surface area contributed by atoms with Gasteiger partial charge in [0.2, 0.25) is 0 Å². The molecule has 0 saturated carbocycles. The van der Waals surface area contributed by atoms with Crippen LogP contribution in [0.5, 0.6) is 17.2 Å². The molecule has 0 saturated heterocycles. The highest BCUT2D eigenvalue weighted by molar-refractivity contribution is 5.58. The number of aromatic hydroxyl groups is 1. The topological polar surface area (TPSA) is 38.7 Å². The van der Waals surface area contributed by atoms with Crippen molar-refractivity contribution in [1.29, 1.82) is 0 Å². The lowest BCUT2D eigenvalue weighted by atomic mass is 9.87. The first-order chi connectivity index (χ1) is 11.8. The van der Waals surface area contributed by atoms with E-state index in [2.05, 4.69) is 26.0 Å². The SMILES string of the molecule is CCc1ccc(OCC2(C)CCc3c(C)c(O)c(C)c(C)c3O2)cc1. The maximum atomic E-state index is 10.3. The van der Waals surface area contributed by atoms with E-state index in [9.17, 15) is 5.11 Å². The van der Waals surface area contributed by atoms with Crippen molar-refractivity contribution < 1.29 is 14.6 Å². The third kappa shape index (κ3) is 3.33. The van der Waals surface area contributed by atoms with E-state index < -0.39 is 0 Å². The Balaban J connectivity index is 1.78. The third-order valence-electron chi connectivity index (χ3n) is 5.47. The van der Waals surface area contributed by atoms with E-state index in [-0.39, 0.29) is 5.60 Å². The van der Waals surface area contributed by atoms with Gasteiger partial charge < -0.3 is 14.6 Å². The molecule has 1 aliphatic rings. The highest BCUT2D eigenvalue weighted by Crippen LogP contribution is 2.43. The molecule has 1 unspecified atom stereocenters. The Kier molecular flexibility index (Phi) is 4.68. The molecule has 0 aliphatic carbocycles. The van der Waals surface area contributed by atoms with E-state index in [1.807, 2.05) is 32.9 Å². The molecule has 0 spiro atoms. The molecule has 134 valence electrons. The van der Waals surface area contributed by atoms with Gasteiger partial charge in [-0.1, -0.05) is 19.1 Å². The first-order valence-corrected chi connectivity index (χ1v) is 9.07. The predicted octanol–water partition coefficient (Wildman–Crippen LogP) is 5.04. The average molecular weight is 340 g/mol. The van der Waals surface area contributed by atoms with Gasteiger partial charge in [0.15, 0.2) is 0 Å². The minimum absolute atomic E-state index is 0.364. The zero-order valence-corrected chi connectivity index (χ0v) is 15.9. The fourth-order valence-corrected chi connectivity index (χ4v) is 3.45. The van der Waals surface area contributed by atoms with Crippen molar-refractivity contribution in [2.24, 2.45) is 0 Å². The van der Waals surface area contributed by atoms with Crippen LogP contribution in [0.3, 0.4) is 0 Å².